The van der Waals surface area contributed by atoms with Gasteiger partial charge in [0.25, 0.3) is 0 Å². The largest absolute Gasteiger partial charge is 0.390 e. The third-order valence-electron chi connectivity index (χ3n) is 4.11. The van der Waals surface area contributed by atoms with Crippen molar-refractivity contribution in [3.8, 4) is 0 Å². The summed E-state index contributed by atoms with van der Waals surface area (Å²) >= 11 is 0. The maximum Gasteiger partial charge on any atom is 0.390 e. The predicted molar refractivity (Wildman–Crippen MR) is 76.0 cm³/mol. The van der Waals surface area contributed by atoms with Gasteiger partial charge < -0.3 is 10.1 Å². The van der Waals surface area contributed by atoms with Crippen LogP contribution in [-0.4, -0.2) is 25.9 Å². The number of benzene rings is 1. The molecule has 0 aliphatic carbocycles. The maximum absolute atomic E-state index is 12.8. The van der Waals surface area contributed by atoms with Crippen LogP contribution in [0.25, 0.3) is 0 Å². The van der Waals surface area contributed by atoms with E-state index in [1.807, 2.05) is 6.07 Å². The highest BCUT2D eigenvalue weighted by molar-refractivity contribution is 5.19. The highest BCUT2D eigenvalue weighted by Crippen LogP contribution is 2.33. The zero-order valence-electron chi connectivity index (χ0n) is 12.2. The fourth-order valence-electron chi connectivity index (χ4n) is 2.64. The van der Waals surface area contributed by atoms with Crippen molar-refractivity contribution in [2.75, 3.05) is 19.8 Å². The molecule has 1 N–H and O–H groups in total. The molecule has 1 aromatic carbocycles. The van der Waals surface area contributed by atoms with Gasteiger partial charge in [0.1, 0.15) is 0 Å². The van der Waals surface area contributed by atoms with Gasteiger partial charge in [-0.1, -0.05) is 37.3 Å². The van der Waals surface area contributed by atoms with Crippen LogP contribution in [0.1, 0.15) is 37.8 Å². The van der Waals surface area contributed by atoms with Crippen LogP contribution < -0.4 is 5.32 Å². The van der Waals surface area contributed by atoms with Gasteiger partial charge in [-0.2, -0.15) is 13.2 Å². The molecule has 1 unspecified atom stereocenters. The normalized spacial score (nSPS) is 20.2. The third-order valence-corrected chi connectivity index (χ3v) is 4.11. The Bertz CT molecular complexity index is 427. The summed E-state index contributed by atoms with van der Waals surface area (Å²) in [6, 6.07) is 8.16. The standard InChI is InChI=1S/C16H22F3NO/c1-15(7-9-21-10-8-15)12-20-14(11-16(17,18)19)13-5-3-2-4-6-13/h2-6,14,20H,7-12H2,1H3. The van der Waals surface area contributed by atoms with E-state index in [2.05, 4.69) is 12.2 Å². The Kier molecular flexibility index (Phi) is 5.27. The number of ether oxygens (including phenoxy) is 1. The van der Waals surface area contributed by atoms with Crippen LogP contribution in [0.4, 0.5) is 13.2 Å². The Hall–Kier alpha value is -1.07. The number of hydrogen-bond acceptors (Lipinski definition) is 2. The summed E-state index contributed by atoms with van der Waals surface area (Å²) in [6.07, 6.45) is -3.26. The lowest BCUT2D eigenvalue weighted by atomic mass is 9.82. The second-order valence-electron chi connectivity index (χ2n) is 6.09. The Balaban J connectivity index is 2.02. The number of hydrogen-bond donors (Lipinski definition) is 1. The summed E-state index contributed by atoms with van der Waals surface area (Å²) < 4.78 is 43.7. The molecule has 1 aromatic rings. The van der Waals surface area contributed by atoms with E-state index in [1.54, 1.807) is 24.3 Å². The van der Waals surface area contributed by atoms with E-state index in [4.69, 9.17) is 4.74 Å². The minimum Gasteiger partial charge on any atom is -0.381 e. The van der Waals surface area contributed by atoms with Gasteiger partial charge in [-0.05, 0) is 23.8 Å². The maximum atomic E-state index is 12.8. The quantitative estimate of drug-likeness (QED) is 0.884. The first-order valence-electron chi connectivity index (χ1n) is 7.31. The van der Waals surface area contributed by atoms with Crippen molar-refractivity contribution in [2.24, 2.45) is 5.41 Å². The summed E-state index contributed by atoms with van der Waals surface area (Å²) in [5.74, 6) is 0. The molecule has 1 saturated heterocycles. The molecular formula is C16H22F3NO. The van der Waals surface area contributed by atoms with Gasteiger partial charge in [-0.15, -0.1) is 0 Å². The van der Waals surface area contributed by atoms with Gasteiger partial charge in [0, 0.05) is 25.8 Å². The van der Waals surface area contributed by atoms with Crippen molar-refractivity contribution < 1.29 is 17.9 Å². The van der Waals surface area contributed by atoms with E-state index in [-0.39, 0.29) is 5.41 Å². The van der Waals surface area contributed by atoms with Gasteiger partial charge >= 0.3 is 6.18 Å². The number of alkyl halides is 3. The van der Waals surface area contributed by atoms with Crippen LogP contribution in [0.2, 0.25) is 0 Å². The number of halogens is 3. The van der Waals surface area contributed by atoms with Crippen molar-refractivity contribution in [3.05, 3.63) is 35.9 Å². The Morgan fingerprint density at radius 3 is 2.38 bits per heavy atom. The second-order valence-corrected chi connectivity index (χ2v) is 6.09. The molecule has 0 bridgehead atoms. The first kappa shape index (κ1) is 16.3. The zero-order valence-corrected chi connectivity index (χ0v) is 12.2. The predicted octanol–water partition coefficient (Wildman–Crippen LogP) is 4.09. The van der Waals surface area contributed by atoms with Gasteiger partial charge in [0.15, 0.2) is 0 Å². The molecule has 0 spiro atoms. The van der Waals surface area contributed by atoms with Crippen molar-refractivity contribution in [1.82, 2.24) is 5.32 Å². The van der Waals surface area contributed by atoms with Gasteiger partial charge in [-0.25, -0.2) is 0 Å². The van der Waals surface area contributed by atoms with E-state index in [0.717, 1.165) is 12.8 Å². The highest BCUT2D eigenvalue weighted by Gasteiger charge is 2.34. The van der Waals surface area contributed by atoms with Crippen molar-refractivity contribution in [1.29, 1.82) is 0 Å². The molecule has 2 nitrogen and oxygen atoms in total. The SMILES string of the molecule is CC1(CNC(CC(F)(F)F)c2ccccc2)CCOCC1. The van der Waals surface area contributed by atoms with E-state index in [0.29, 0.717) is 25.3 Å². The summed E-state index contributed by atoms with van der Waals surface area (Å²) in [6.45, 7) is 4.06. The van der Waals surface area contributed by atoms with Crippen molar-refractivity contribution in [3.63, 3.8) is 0 Å². The highest BCUT2D eigenvalue weighted by atomic mass is 19.4. The lowest BCUT2D eigenvalue weighted by Crippen LogP contribution is -2.39. The van der Waals surface area contributed by atoms with E-state index in [9.17, 15) is 13.2 Å². The van der Waals surface area contributed by atoms with Gasteiger partial charge in [-0.3, -0.25) is 0 Å². The number of rotatable bonds is 5. The third kappa shape index (κ3) is 5.32. The summed E-state index contributed by atoms with van der Waals surface area (Å²) in [7, 11) is 0. The molecule has 1 fully saturated rings. The molecule has 2 rings (SSSR count). The lowest BCUT2D eigenvalue weighted by molar-refractivity contribution is -0.141. The lowest BCUT2D eigenvalue weighted by Gasteiger charge is -2.35. The molecule has 0 saturated carbocycles. The summed E-state index contributed by atoms with van der Waals surface area (Å²) in [4.78, 5) is 0. The average Bonchev–Trinajstić information content (AvgIpc) is 2.44. The van der Waals surface area contributed by atoms with Crippen LogP contribution in [0.15, 0.2) is 30.3 Å². The second kappa shape index (κ2) is 6.79. The smallest absolute Gasteiger partial charge is 0.381 e. The molecule has 0 aromatic heterocycles. The Morgan fingerprint density at radius 2 is 1.81 bits per heavy atom. The van der Waals surface area contributed by atoms with E-state index in [1.165, 1.54) is 0 Å². The zero-order chi connectivity index (χ0) is 15.3. The summed E-state index contributed by atoms with van der Waals surface area (Å²) in [5, 5.41) is 3.13. The van der Waals surface area contributed by atoms with Gasteiger partial charge in [0.05, 0.1) is 6.42 Å². The minimum atomic E-state index is -4.18. The Morgan fingerprint density at radius 1 is 1.19 bits per heavy atom. The Labute approximate surface area is 123 Å². The minimum absolute atomic E-state index is 0.0108. The molecule has 0 radical (unpaired) electrons. The topological polar surface area (TPSA) is 21.3 Å². The fraction of sp³-hybridized carbons (Fsp3) is 0.625. The first-order chi connectivity index (χ1) is 9.88. The van der Waals surface area contributed by atoms with Crippen LogP contribution in [0.3, 0.4) is 0 Å². The molecule has 118 valence electrons. The van der Waals surface area contributed by atoms with Crippen molar-refractivity contribution in [2.45, 2.75) is 38.4 Å². The molecule has 1 heterocycles. The monoisotopic (exact) mass is 301 g/mol. The number of nitrogens with one attached hydrogen (secondary N) is 1. The first-order valence-corrected chi connectivity index (χ1v) is 7.31. The van der Waals surface area contributed by atoms with Gasteiger partial charge in [0.2, 0.25) is 0 Å². The van der Waals surface area contributed by atoms with E-state index < -0.39 is 18.6 Å². The van der Waals surface area contributed by atoms with Crippen LogP contribution in [0.5, 0.6) is 0 Å². The fourth-order valence-corrected chi connectivity index (χ4v) is 2.64. The molecule has 1 aliphatic rings. The molecule has 21 heavy (non-hydrogen) atoms. The van der Waals surface area contributed by atoms with Crippen LogP contribution in [0, 0.1) is 5.41 Å². The summed E-state index contributed by atoms with van der Waals surface area (Å²) in [5.41, 5.74) is 0.696. The van der Waals surface area contributed by atoms with Crippen LogP contribution >= 0.6 is 0 Å². The molecule has 0 amide bonds. The molecular weight excluding hydrogens is 279 g/mol. The average molecular weight is 301 g/mol. The van der Waals surface area contributed by atoms with E-state index >= 15 is 0 Å². The van der Waals surface area contributed by atoms with Crippen LogP contribution in [-0.2, 0) is 4.74 Å². The molecule has 5 heteroatoms. The molecule has 1 atom stereocenters. The molecule has 1 aliphatic heterocycles. The van der Waals surface area contributed by atoms with Crippen molar-refractivity contribution >= 4 is 0 Å².